The zero-order valence-electron chi connectivity index (χ0n) is 12.3. The molecule has 0 bridgehead atoms. The summed E-state index contributed by atoms with van der Waals surface area (Å²) in [5.74, 6) is 0.768. The van der Waals surface area contributed by atoms with Crippen LogP contribution < -0.4 is 10.6 Å². The third kappa shape index (κ3) is 2.82. The molecule has 3 fully saturated rings. The normalized spacial score (nSPS) is 31.4. The van der Waals surface area contributed by atoms with Crippen molar-refractivity contribution in [3.05, 3.63) is 0 Å². The van der Waals surface area contributed by atoms with Crippen molar-refractivity contribution in [2.75, 3.05) is 19.6 Å². The minimum absolute atomic E-state index is 0.127. The van der Waals surface area contributed by atoms with E-state index in [1.54, 1.807) is 0 Å². The molecule has 1 unspecified atom stereocenters. The topological polar surface area (TPSA) is 61.4 Å². The van der Waals surface area contributed by atoms with Gasteiger partial charge in [0.2, 0.25) is 11.8 Å². The molecule has 5 nitrogen and oxygen atoms in total. The standard InChI is InChI=1S/C15H25N3O2/c1-15(7-2-8-16-15)14(20)17-12-5-9-18(10-6-12)13(19)11-3-4-11/h11-12,16H,2-10H2,1H3,(H,17,20). The Morgan fingerprint density at radius 3 is 2.45 bits per heavy atom. The monoisotopic (exact) mass is 279 g/mol. The minimum atomic E-state index is -0.388. The van der Waals surface area contributed by atoms with Crippen LogP contribution in [0.25, 0.3) is 0 Å². The van der Waals surface area contributed by atoms with Crippen LogP contribution in [0.4, 0.5) is 0 Å². The number of nitrogens with zero attached hydrogens (tertiary/aromatic N) is 1. The van der Waals surface area contributed by atoms with Crippen LogP contribution in [-0.2, 0) is 9.59 Å². The van der Waals surface area contributed by atoms with E-state index in [2.05, 4.69) is 10.6 Å². The van der Waals surface area contributed by atoms with Gasteiger partial charge in [-0.3, -0.25) is 9.59 Å². The van der Waals surface area contributed by atoms with Crippen LogP contribution in [0.5, 0.6) is 0 Å². The van der Waals surface area contributed by atoms with Crippen molar-refractivity contribution in [1.29, 1.82) is 0 Å². The molecule has 2 aliphatic heterocycles. The summed E-state index contributed by atoms with van der Waals surface area (Å²) >= 11 is 0. The molecule has 3 aliphatic rings. The number of carbonyl (C=O) groups is 2. The van der Waals surface area contributed by atoms with E-state index in [1.807, 2.05) is 11.8 Å². The van der Waals surface area contributed by atoms with Crippen LogP contribution in [0.15, 0.2) is 0 Å². The van der Waals surface area contributed by atoms with Crippen molar-refractivity contribution in [1.82, 2.24) is 15.5 Å². The molecular weight excluding hydrogens is 254 g/mol. The van der Waals surface area contributed by atoms with E-state index in [1.165, 1.54) is 0 Å². The molecule has 0 aromatic carbocycles. The predicted molar refractivity (Wildman–Crippen MR) is 76.1 cm³/mol. The highest BCUT2D eigenvalue weighted by atomic mass is 16.2. The Morgan fingerprint density at radius 1 is 1.20 bits per heavy atom. The number of carbonyl (C=O) groups excluding carboxylic acids is 2. The summed E-state index contributed by atoms with van der Waals surface area (Å²) in [6.07, 6.45) is 5.90. The maximum absolute atomic E-state index is 12.3. The summed E-state index contributed by atoms with van der Waals surface area (Å²) in [5, 5.41) is 6.46. The lowest BCUT2D eigenvalue weighted by Crippen LogP contribution is -2.55. The highest BCUT2D eigenvalue weighted by Crippen LogP contribution is 2.32. The second-order valence-electron chi connectivity index (χ2n) is 6.71. The molecule has 1 aliphatic carbocycles. The molecule has 2 N–H and O–H groups in total. The summed E-state index contributed by atoms with van der Waals surface area (Å²) in [6.45, 7) is 4.51. The van der Waals surface area contributed by atoms with Gasteiger partial charge in [0.15, 0.2) is 0 Å². The number of hydrogen-bond donors (Lipinski definition) is 2. The number of likely N-dealkylation sites (tertiary alicyclic amines) is 1. The second kappa shape index (κ2) is 5.35. The molecule has 3 rings (SSSR count). The molecule has 20 heavy (non-hydrogen) atoms. The third-order valence-electron chi connectivity index (χ3n) is 4.94. The van der Waals surface area contributed by atoms with Crippen molar-refractivity contribution < 1.29 is 9.59 Å². The van der Waals surface area contributed by atoms with Gasteiger partial charge in [0, 0.05) is 25.0 Å². The van der Waals surface area contributed by atoms with E-state index in [0.717, 1.165) is 58.2 Å². The number of rotatable bonds is 3. The Kier molecular flexibility index (Phi) is 3.71. The first kappa shape index (κ1) is 13.9. The first-order valence-electron chi connectivity index (χ1n) is 7.93. The lowest BCUT2D eigenvalue weighted by atomic mass is 9.97. The molecule has 0 aromatic heterocycles. The number of piperidine rings is 1. The predicted octanol–water partition coefficient (Wildman–Crippen LogP) is 0.646. The van der Waals surface area contributed by atoms with Crippen molar-refractivity contribution >= 4 is 11.8 Å². The number of amides is 2. The van der Waals surface area contributed by atoms with Gasteiger partial charge in [0.1, 0.15) is 0 Å². The second-order valence-corrected chi connectivity index (χ2v) is 6.71. The average Bonchev–Trinajstić information content (AvgIpc) is 3.21. The quantitative estimate of drug-likeness (QED) is 0.797. The van der Waals surface area contributed by atoms with Crippen LogP contribution in [0.3, 0.4) is 0 Å². The van der Waals surface area contributed by atoms with Gasteiger partial charge in [0.25, 0.3) is 0 Å². The van der Waals surface area contributed by atoms with E-state index in [0.29, 0.717) is 11.8 Å². The summed E-state index contributed by atoms with van der Waals surface area (Å²) < 4.78 is 0. The summed E-state index contributed by atoms with van der Waals surface area (Å²) in [7, 11) is 0. The lowest BCUT2D eigenvalue weighted by Gasteiger charge is -2.34. The average molecular weight is 279 g/mol. The Hall–Kier alpha value is -1.10. The molecule has 112 valence electrons. The fourth-order valence-electron chi connectivity index (χ4n) is 3.27. The molecule has 2 saturated heterocycles. The molecule has 5 heteroatoms. The van der Waals surface area contributed by atoms with E-state index >= 15 is 0 Å². The lowest BCUT2D eigenvalue weighted by molar-refractivity contribution is -0.134. The minimum Gasteiger partial charge on any atom is -0.352 e. The van der Waals surface area contributed by atoms with Gasteiger partial charge < -0.3 is 15.5 Å². The van der Waals surface area contributed by atoms with Crippen molar-refractivity contribution in [3.63, 3.8) is 0 Å². The van der Waals surface area contributed by atoms with Crippen molar-refractivity contribution in [2.45, 2.75) is 57.0 Å². The van der Waals surface area contributed by atoms with Crippen LogP contribution in [-0.4, -0.2) is 47.9 Å². The largest absolute Gasteiger partial charge is 0.352 e. The van der Waals surface area contributed by atoms with E-state index in [-0.39, 0.29) is 17.5 Å². The summed E-state index contributed by atoms with van der Waals surface area (Å²) in [4.78, 5) is 26.3. The van der Waals surface area contributed by atoms with Crippen LogP contribution >= 0.6 is 0 Å². The molecule has 1 saturated carbocycles. The molecule has 0 spiro atoms. The molecule has 2 amide bonds. The van der Waals surface area contributed by atoms with Gasteiger partial charge in [-0.2, -0.15) is 0 Å². The van der Waals surface area contributed by atoms with Crippen molar-refractivity contribution in [3.8, 4) is 0 Å². The van der Waals surface area contributed by atoms with Crippen LogP contribution in [0, 0.1) is 5.92 Å². The Morgan fingerprint density at radius 2 is 1.90 bits per heavy atom. The summed E-state index contributed by atoms with van der Waals surface area (Å²) in [6, 6.07) is 0.227. The first-order valence-corrected chi connectivity index (χ1v) is 7.93. The molecular formula is C15H25N3O2. The maximum Gasteiger partial charge on any atom is 0.240 e. The van der Waals surface area contributed by atoms with Crippen LogP contribution in [0.2, 0.25) is 0 Å². The molecule has 1 atom stereocenters. The van der Waals surface area contributed by atoms with Gasteiger partial charge in [-0.05, 0) is 52.0 Å². The zero-order chi connectivity index (χ0) is 14.2. The van der Waals surface area contributed by atoms with Crippen LogP contribution in [0.1, 0.15) is 45.4 Å². The number of nitrogens with one attached hydrogen (secondary N) is 2. The van der Waals surface area contributed by atoms with Gasteiger partial charge >= 0.3 is 0 Å². The van der Waals surface area contributed by atoms with Gasteiger partial charge in [0.05, 0.1) is 5.54 Å². The number of hydrogen-bond acceptors (Lipinski definition) is 3. The van der Waals surface area contributed by atoms with Gasteiger partial charge in [-0.1, -0.05) is 0 Å². The van der Waals surface area contributed by atoms with E-state index in [9.17, 15) is 9.59 Å². The third-order valence-corrected chi connectivity index (χ3v) is 4.94. The van der Waals surface area contributed by atoms with Gasteiger partial charge in [-0.15, -0.1) is 0 Å². The Bertz CT molecular complexity index is 392. The van der Waals surface area contributed by atoms with Gasteiger partial charge in [-0.25, -0.2) is 0 Å². The molecule has 2 heterocycles. The van der Waals surface area contributed by atoms with Crippen molar-refractivity contribution in [2.24, 2.45) is 5.92 Å². The molecule has 0 radical (unpaired) electrons. The fraction of sp³-hybridized carbons (Fsp3) is 0.867. The SMILES string of the molecule is CC1(C(=O)NC2CCN(C(=O)C3CC3)CC2)CCCN1. The highest BCUT2D eigenvalue weighted by Gasteiger charge is 2.38. The maximum atomic E-state index is 12.3. The summed E-state index contributed by atoms with van der Waals surface area (Å²) in [5.41, 5.74) is -0.388. The highest BCUT2D eigenvalue weighted by molar-refractivity contribution is 5.86. The molecule has 0 aromatic rings. The zero-order valence-corrected chi connectivity index (χ0v) is 12.3. The Balaban J connectivity index is 1.46. The van der Waals surface area contributed by atoms with E-state index in [4.69, 9.17) is 0 Å². The fourth-order valence-corrected chi connectivity index (χ4v) is 3.27. The smallest absolute Gasteiger partial charge is 0.240 e. The Labute approximate surface area is 120 Å². The first-order chi connectivity index (χ1) is 9.58. The van der Waals surface area contributed by atoms with E-state index < -0.39 is 0 Å².